The van der Waals surface area contributed by atoms with Crippen molar-refractivity contribution in [3.05, 3.63) is 59.9 Å². The molecule has 0 bridgehead atoms. The van der Waals surface area contributed by atoms with Crippen molar-refractivity contribution >= 4 is 28.8 Å². The predicted octanol–water partition coefficient (Wildman–Crippen LogP) is 4.13. The molecule has 1 heterocycles. The lowest BCUT2D eigenvalue weighted by Gasteiger charge is -2.10. The average molecular weight is 327 g/mol. The van der Waals surface area contributed by atoms with E-state index in [9.17, 15) is 0 Å². The number of hydrogen-bond acceptors (Lipinski definition) is 5. The first-order valence-corrected chi connectivity index (χ1v) is 7.32. The Morgan fingerprint density at radius 1 is 1.09 bits per heavy atom. The van der Waals surface area contributed by atoms with Gasteiger partial charge >= 0.3 is 0 Å². The van der Waals surface area contributed by atoms with Crippen molar-refractivity contribution < 1.29 is 4.74 Å². The number of nitrogens with one attached hydrogen (secondary N) is 1. The van der Waals surface area contributed by atoms with Crippen molar-refractivity contribution in [1.29, 1.82) is 0 Å². The van der Waals surface area contributed by atoms with Crippen molar-refractivity contribution in [3.8, 4) is 17.0 Å². The SMILES string of the molecule is COc1ccc(Cl)cc1-c1cc(Nc2cccc(N)c2)ncn1. The van der Waals surface area contributed by atoms with Gasteiger partial charge in [0.15, 0.2) is 0 Å². The Hall–Kier alpha value is -2.79. The summed E-state index contributed by atoms with van der Waals surface area (Å²) in [7, 11) is 1.61. The molecule has 1 aromatic heterocycles. The highest BCUT2D eigenvalue weighted by Crippen LogP contribution is 2.32. The molecule has 0 saturated heterocycles. The molecule has 0 aliphatic rings. The Bertz CT molecular complexity index is 838. The summed E-state index contributed by atoms with van der Waals surface area (Å²) in [5.74, 6) is 1.35. The minimum Gasteiger partial charge on any atom is -0.496 e. The number of methoxy groups -OCH3 is 1. The van der Waals surface area contributed by atoms with Gasteiger partial charge in [-0.1, -0.05) is 17.7 Å². The van der Waals surface area contributed by atoms with Crippen LogP contribution in [0.3, 0.4) is 0 Å². The van der Waals surface area contributed by atoms with E-state index in [4.69, 9.17) is 22.1 Å². The maximum absolute atomic E-state index is 6.08. The molecule has 0 unspecified atom stereocenters. The molecule has 0 saturated carbocycles. The van der Waals surface area contributed by atoms with Gasteiger partial charge in [-0.25, -0.2) is 9.97 Å². The van der Waals surface area contributed by atoms with E-state index in [0.717, 1.165) is 11.3 Å². The molecule has 0 aliphatic carbocycles. The van der Waals surface area contributed by atoms with Crippen molar-refractivity contribution in [3.63, 3.8) is 0 Å². The first-order chi connectivity index (χ1) is 11.2. The van der Waals surface area contributed by atoms with Crippen molar-refractivity contribution in [2.24, 2.45) is 0 Å². The van der Waals surface area contributed by atoms with Crippen molar-refractivity contribution in [1.82, 2.24) is 9.97 Å². The molecule has 3 N–H and O–H groups in total. The molecule has 6 heteroatoms. The van der Waals surface area contributed by atoms with Crippen LogP contribution in [-0.4, -0.2) is 17.1 Å². The highest BCUT2D eigenvalue weighted by molar-refractivity contribution is 6.30. The average Bonchev–Trinajstić information content (AvgIpc) is 2.55. The van der Waals surface area contributed by atoms with E-state index in [1.807, 2.05) is 42.5 Å². The predicted molar refractivity (Wildman–Crippen MR) is 93.2 cm³/mol. The van der Waals surface area contributed by atoms with E-state index in [1.165, 1.54) is 6.33 Å². The fraction of sp³-hybridized carbons (Fsp3) is 0.0588. The van der Waals surface area contributed by atoms with E-state index >= 15 is 0 Å². The van der Waals surface area contributed by atoms with E-state index in [2.05, 4.69) is 15.3 Å². The van der Waals surface area contributed by atoms with Crippen LogP contribution in [0.4, 0.5) is 17.2 Å². The lowest BCUT2D eigenvalue weighted by molar-refractivity contribution is 0.416. The molecule has 116 valence electrons. The molecular weight excluding hydrogens is 312 g/mol. The van der Waals surface area contributed by atoms with Gasteiger partial charge in [0, 0.05) is 28.0 Å². The van der Waals surface area contributed by atoms with E-state index in [1.54, 1.807) is 13.2 Å². The monoisotopic (exact) mass is 326 g/mol. The second-order valence-electron chi connectivity index (χ2n) is 4.88. The maximum Gasteiger partial charge on any atom is 0.134 e. The molecule has 2 aromatic carbocycles. The molecule has 0 fully saturated rings. The van der Waals surface area contributed by atoms with E-state index in [-0.39, 0.29) is 0 Å². The number of rotatable bonds is 4. The Morgan fingerprint density at radius 3 is 2.74 bits per heavy atom. The number of aromatic nitrogens is 2. The van der Waals surface area contributed by atoms with Crippen LogP contribution >= 0.6 is 11.6 Å². The molecule has 5 nitrogen and oxygen atoms in total. The number of ether oxygens (including phenoxy) is 1. The van der Waals surface area contributed by atoms with Crippen LogP contribution < -0.4 is 15.8 Å². The molecular formula is C17H15ClN4O. The number of hydrogen-bond donors (Lipinski definition) is 2. The summed E-state index contributed by atoms with van der Waals surface area (Å²) < 4.78 is 5.37. The highest BCUT2D eigenvalue weighted by atomic mass is 35.5. The van der Waals surface area contributed by atoms with Crippen LogP contribution in [-0.2, 0) is 0 Å². The fourth-order valence-electron chi connectivity index (χ4n) is 2.22. The topological polar surface area (TPSA) is 73.1 Å². The Balaban J connectivity index is 1.95. The third-order valence-electron chi connectivity index (χ3n) is 3.26. The molecule has 0 amide bonds. The first kappa shape index (κ1) is 15.1. The lowest BCUT2D eigenvalue weighted by atomic mass is 10.1. The number of nitrogens with two attached hydrogens (primary N) is 1. The number of anilines is 3. The third kappa shape index (κ3) is 3.52. The van der Waals surface area contributed by atoms with Crippen LogP contribution in [0.1, 0.15) is 0 Å². The van der Waals surface area contributed by atoms with Gasteiger partial charge in [0.2, 0.25) is 0 Å². The standard InChI is InChI=1S/C17H15ClN4O/c1-23-16-6-5-11(18)7-14(16)15-9-17(21-10-20-15)22-13-4-2-3-12(19)8-13/h2-10H,19H2,1H3,(H,20,21,22). The van der Waals surface area contributed by atoms with Crippen LogP contribution in [0, 0.1) is 0 Å². The second-order valence-corrected chi connectivity index (χ2v) is 5.32. The summed E-state index contributed by atoms with van der Waals surface area (Å²) in [6.45, 7) is 0. The summed E-state index contributed by atoms with van der Waals surface area (Å²) in [5.41, 5.74) is 8.84. The molecule has 0 spiro atoms. The molecule has 3 rings (SSSR count). The number of benzene rings is 2. The Labute approximate surface area is 139 Å². The molecule has 3 aromatic rings. The Morgan fingerprint density at radius 2 is 1.96 bits per heavy atom. The van der Waals surface area contributed by atoms with Gasteiger partial charge in [-0.2, -0.15) is 0 Å². The summed E-state index contributed by atoms with van der Waals surface area (Å²) in [5, 5.41) is 3.82. The third-order valence-corrected chi connectivity index (χ3v) is 3.50. The van der Waals surface area contributed by atoms with Crippen LogP contribution in [0.25, 0.3) is 11.3 Å². The number of nitrogens with zero attached hydrogens (tertiary/aromatic N) is 2. The van der Waals surface area contributed by atoms with Gasteiger partial charge in [-0.3, -0.25) is 0 Å². The zero-order chi connectivity index (χ0) is 16.2. The van der Waals surface area contributed by atoms with Crippen LogP contribution in [0.15, 0.2) is 54.9 Å². The van der Waals surface area contributed by atoms with Crippen molar-refractivity contribution in [2.75, 3.05) is 18.2 Å². The maximum atomic E-state index is 6.08. The normalized spacial score (nSPS) is 10.3. The minimum absolute atomic E-state index is 0.616. The smallest absolute Gasteiger partial charge is 0.134 e. The van der Waals surface area contributed by atoms with Crippen molar-refractivity contribution in [2.45, 2.75) is 0 Å². The molecule has 23 heavy (non-hydrogen) atoms. The zero-order valence-corrected chi connectivity index (χ0v) is 13.2. The number of nitrogen functional groups attached to an aromatic ring is 1. The zero-order valence-electron chi connectivity index (χ0n) is 12.5. The second kappa shape index (κ2) is 6.54. The van der Waals surface area contributed by atoms with Gasteiger partial charge in [-0.05, 0) is 36.4 Å². The van der Waals surface area contributed by atoms with E-state index < -0.39 is 0 Å². The largest absolute Gasteiger partial charge is 0.496 e. The summed E-state index contributed by atoms with van der Waals surface area (Å²) in [4.78, 5) is 8.54. The summed E-state index contributed by atoms with van der Waals surface area (Å²) in [6, 6.07) is 14.7. The minimum atomic E-state index is 0.616. The summed E-state index contributed by atoms with van der Waals surface area (Å²) in [6.07, 6.45) is 1.49. The Kier molecular flexibility index (Phi) is 4.30. The lowest BCUT2D eigenvalue weighted by Crippen LogP contribution is -1.97. The van der Waals surface area contributed by atoms with E-state index in [0.29, 0.717) is 28.0 Å². The van der Waals surface area contributed by atoms with Gasteiger partial charge in [0.1, 0.15) is 17.9 Å². The van der Waals surface area contributed by atoms with Crippen LogP contribution in [0.5, 0.6) is 5.75 Å². The van der Waals surface area contributed by atoms with Gasteiger partial charge < -0.3 is 15.8 Å². The van der Waals surface area contributed by atoms with Gasteiger partial charge in [0.05, 0.1) is 12.8 Å². The van der Waals surface area contributed by atoms with Gasteiger partial charge in [0.25, 0.3) is 0 Å². The fourth-order valence-corrected chi connectivity index (χ4v) is 2.39. The summed E-state index contributed by atoms with van der Waals surface area (Å²) >= 11 is 6.08. The van der Waals surface area contributed by atoms with Gasteiger partial charge in [-0.15, -0.1) is 0 Å². The quantitative estimate of drug-likeness (QED) is 0.705. The molecule has 0 atom stereocenters. The molecule has 0 aliphatic heterocycles. The first-order valence-electron chi connectivity index (χ1n) is 6.94. The van der Waals surface area contributed by atoms with Crippen LogP contribution in [0.2, 0.25) is 5.02 Å². The highest BCUT2D eigenvalue weighted by Gasteiger charge is 2.09. The number of halogens is 1. The molecule has 0 radical (unpaired) electrons.